The highest BCUT2D eigenvalue weighted by atomic mass is 19.4. The van der Waals surface area contributed by atoms with Gasteiger partial charge in [-0.05, 0) is 47.2 Å². The van der Waals surface area contributed by atoms with Gasteiger partial charge in [0.25, 0.3) is 5.91 Å². The minimum atomic E-state index is -4.41. The molecule has 4 rings (SSSR count). The summed E-state index contributed by atoms with van der Waals surface area (Å²) in [5.74, 6) is 0.352. The Balaban J connectivity index is 1.44. The number of hydrogen-bond donors (Lipinski definition) is 0. The highest BCUT2D eigenvalue weighted by Crippen LogP contribution is 2.29. The fourth-order valence-corrected chi connectivity index (χ4v) is 3.33. The fraction of sp³-hybridized carbons (Fsp3) is 0.316. The number of anilines is 1. The number of aromatic nitrogens is 5. The monoisotopic (exact) mass is 417 g/mol. The molecule has 1 aromatic carbocycles. The van der Waals surface area contributed by atoms with Gasteiger partial charge in [0, 0.05) is 37.9 Å². The molecule has 1 amide bonds. The van der Waals surface area contributed by atoms with Gasteiger partial charge >= 0.3 is 6.18 Å². The van der Waals surface area contributed by atoms with E-state index in [1.807, 2.05) is 4.90 Å². The summed E-state index contributed by atoms with van der Waals surface area (Å²) < 4.78 is 39.7. The quantitative estimate of drug-likeness (QED) is 0.651. The average Bonchev–Trinajstić information content (AvgIpc) is 3.18. The van der Waals surface area contributed by atoms with Crippen LogP contribution in [-0.2, 0) is 6.18 Å². The van der Waals surface area contributed by atoms with Gasteiger partial charge in [-0.1, -0.05) is 6.07 Å². The second kappa shape index (κ2) is 8.09. The van der Waals surface area contributed by atoms with E-state index in [1.54, 1.807) is 29.2 Å². The van der Waals surface area contributed by atoms with E-state index >= 15 is 0 Å². The number of amides is 1. The van der Waals surface area contributed by atoms with Crippen molar-refractivity contribution in [2.75, 3.05) is 31.1 Å². The molecule has 2 aromatic heterocycles. The summed E-state index contributed by atoms with van der Waals surface area (Å²) in [6.45, 7) is 2.07. The Hall–Kier alpha value is -3.50. The number of alkyl halides is 3. The van der Waals surface area contributed by atoms with Crippen LogP contribution >= 0.6 is 0 Å². The molecule has 0 unspecified atom stereocenters. The zero-order valence-corrected chi connectivity index (χ0v) is 15.8. The molecule has 3 aromatic rings. The molecule has 1 saturated heterocycles. The van der Waals surface area contributed by atoms with Crippen LogP contribution in [0.15, 0.2) is 48.9 Å². The predicted molar refractivity (Wildman–Crippen MR) is 101 cm³/mol. The van der Waals surface area contributed by atoms with Crippen molar-refractivity contribution in [1.29, 1.82) is 0 Å². The van der Waals surface area contributed by atoms with Gasteiger partial charge in [0.15, 0.2) is 0 Å². The number of pyridine rings is 1. The summed E-state index contributed by atoms with van der Waals surface area (Å²) >= 11 is 0. The van der Waals surface area contributed by atoms with Gasteiger partial charge in [0.1, 0.15) is 12.1 Å². The predicted octanol–water partition coefficient (Wildman–Crippen LogP) is 2.43. The Morgan fingerprint density at radius 2 is 1.90 bits per heavy atom. The third-order valence-corrected chi connectivity index (χ3v) is 4.89. The lowest BCUT2D eigenvalue weighted by Gasteiger charge is -2.23. The maximum absolute atomic E-state index is 13.0. The number of halogens is 3. The molecular weight excluding hydrogens is 399 g/mol. The number of tetrazole rings is 1. The number of carbonyl (C=O) groups is 1. The highest BCUT2D eigenvalue weighted by Gasteiger charge is 2.31. The zero-order chi connectivity index (χ0) is 21.1. The standard InChI is InChI=1S/C19H18F3N7O/c20-19(21,22)15-5-6-17(23-12-15)27-7-2-8-28(10-9-27)18(30)14-3-1-4-16(11-14)29-13-24-25-26-29/h1,3-6,11-13H,2,7-10H2. The van der Waals surface area contributed by atoms with Gasteiger partial charge in [0.2, 0.25) is 0 Å². The molecule has 0 bridgehead atoms. The molecule has 1 fully saturated rings. The van der Waals surface area contributed by atoms with E-state index in [1.165, 1.54) is 17.1 Å². The minimum Gasteiger partial charge on any atom is -0.355 e. The van der Waals surface area contributed by atoms with Crippen molar-refractivity contribution >= 4 is 11.7 Å². The maximum atomic E-state index is 13.0. The number of nitrogens with zero attached hydrogens (tertiary/aromatic N) is 7. The van der Waals surface area contributed by atoms with E-state index in [9.17, 15) is 18.0 Å². The molecule has 0 N–H and O–H groups in total. The van der Waals surface area contributed by atoms with Gasteiger partial charge in [-0.25, -0.2) is 9.67 Å². The Kier molecular flexibility index (Phi) is 5.34. The second-order valence-electron chi connectivity index (χ2n) is 6.84. The van der Waals surface area contributed by atoms with Crippen LogP contribution in [0.5, 0.6) is 0 Å². The Bertz CT molecular complexity index is 1010. The Labute approximate surface area is 169 Å². The Morgan fingerprint density at radius 3 is 2.60 bits per heavy atom. The summed E-state index contributed by atoms with van der Waals surface area (Å²) in [5, 5.41) is 11.0. The summed E-state index contributed by atoms with van der Waals surface area (Å²) in [6, 6.07) is 9.42. The first-order chi connectivity index (χ1) is 14.4. The van der Waals surface area contributed by atoms with Crippen LogP contribution in [0.25, 0.3) is 5.69 Å². The van der Waals surface area contributed by atoms with E-state index in [2.05, 4.69) is 20.5 Å². The van der Waals surface area contributed by atoms with Crippen LogP contribution in [0.3, 0.4) is 0 Å². The molecule has 30 heavy (non-hydrogen) atoms. The summed E-state index contributed by atoms with van der Waals surface area (Å²) in [7, 11) is 0. The third-order valence-electron chi connectivity index (χ3n) is 4.89. The van der Waals surface area contributed by atoms with E-state index in [4.69, 9.17) is 0 Å². The molecule has 11 heteroatoms. The van der Waals surface area contributed by atoms with Crippen LogP contribution in [0.2, 0.25) is 0 Å². The largest absolute Gasteiger partial charge is 0.417 e. The van der Waals surface area contributed by atoms with Crippen molar-refractivity contribution in [3.05, 3.63) is 60.0 Å². The molecule has 0 radical (unpaired) electrons. The van der Waals surface area contributed by atoms with Gasteiger partial charge in [-0.3, -0.25) is 4.79 Å². The molecular formula is C19H18F3N7O. The highest BCUT2D eigenvalue weighted by molar-refractivity contribution is 5.94. The van der Waals surface area contributed by atoms with Crippen molar-refractivity contribution in [2.24, 2.45) is 0 Å². The van der Waals surface area contributed by atoms with Crippen LogP contribution in [0, 0.1) is 0 Å². The van der Waals surface area contributed by atoms with Gasteiger partial charge in [0.05, 0.1) is 11.3 Å². The lowest BCUT2D eigenvalue weighted by molar-refractivity contribution is -0.137. The minimum absolute atomic E-state index is 0.118. The molecule has 156 valence electrons. The molecule has 1 aliphatic rings. The third kappa shape index (κ3) is 4.24. The van der Waals surface area contributed by atoms with E-state index < -0.39 is 11.7 Å². The van der Waals surface area contributed by atoms with Crippen molar-refractivity contribution in [3.8, 4) is 5.69 Å². The topological polar surface area (TPSA) is 80.0 Å². The summed E-state index contributed by atoms with van der Waals surface area (Å²) in [5.41, 5.74) is 0.417. The Morgan fingerprint density at radius 1 is 1.03 bits per heavy atom. The molecule has 3 heterocycles. The molecule has 8 nitrogen and oxygen atoms in total. The number of rotatable bonds is 3. The first-order valence-corrected chi connectivity index (χ1v) is 9.33. The lowest BCUT2D eigenvalue weighted by Crippen LogP contribution is -2.35. The maximum Gasteiger partial charge on any atom is 0.417 e. The van der Waals surface area contributed by atoms with E-state index in [-0.39, 0.29) is 5.91 Å². The summed E-state index contributed by atoms with van der Waals surface area (Å²) in [4.78, 5) is 20.6. The van der Waals surface area contributed by atoms with E-state index in [0.29, 0.717) is 49.7 Å². The number of benzene rings is 1. The molecule has 1 aliphatic heterocycles. The zero-order valence-electron chi connectivity index (χ0n) is 15.8. The van der Waals surface area contributed by atoms with Crippen LogP contribution in [0.4, 0.5) is 19.0 Å². The van der Waals surface area contributed by atoms with Gasteiger partial charge < -0.3 is 9.80 Å². The molecule has 0 saturated carbocycles. The second-order valence-corrected chi connectivity index (χ2v) is 6.84. The van der Waals surface area contributed by atoms with Crippen molar-refractivity contribution in [3.63, 3.8) is 0 Å². The van der Waals surface area contributed by atoms with Gasteiger partial charge in [-0.15, -0.1) is 5.10 Å². The van der Waals surface area contributed by atoms with Crippen LogP contribution in [0.1, 0.15) is 22.3 Å². The number of hydrogen-bond acceptors (Lipinski definition) is 6. The van der Waals surface area contributed by atoms with Crippen LogP contribution < -0.4 is 4.90 Å². The fourth-order valence-electron chi connectivity index (χ4n) is 3.33. The van der Waals surface area contributed by atoms with Crippen molar-refractivity contribution < 1.29 is 18.0 Å². The smallest absolute Gasteiger partial charge is 0.355 e. The SMILES string of the molecule is O=C(c1cccc(-n2cnnn2)c1)N1CCCN(c2ccc(C(F)(F)F)cn2)CC1. The first kappa shape index (κ1) is 19.8. The average molecular weight is 417 g/mol. The van der Waals surface area contributed by atoms with Crippen molar-refractivity contribution in [1.82, 2.24) is 30.1 Å². The van der Waals surface area contributed by atoms with E-state index in [0.717, 1.165) is 12.3 Å². The van der Waals surface area contributed by atoms with Crippen molar-refractivity contribution in [2.45, 2.75) is 12.6 Å². The normalized spacial score (nSPS) is 15.2. The molecule has 0 spiro atoms. The van der Waals surface area contributed by atoms with Crippen LogP contribution in [-0.4, -0.2) is 62.2 Å². The summed E-state index contributed by atoms with van der Waals surface area (Å²) in [6.07, 6.45) is -1.44. The molecule has 0 aliphatic carbocycles. The van der Waals surface area contributed by atoms with Gasteiger partial charge in [-0.2, -0.15) is 13.2 Å². The lowest BCUT2D eigenvalue weighted by atomic mass is 10.1. The molecule has 0 atom stereocenters. The number of carbonyl (C=O) groups excluding carboxylic acids is 1. The first-order valence-electron chi connectivity index (χ1n) is 9.33.